The van der Waals surface area contributed by atoms with Gasteiger partial charge in [0.2, 0.25) is 0 Å². The summed E-state index contributed by atoms with van der Waals surface area (Å²) in [7, 11) is -3.16. The zero-order valence-corrected chi connectivity index (χ0v) is 17.3. The number of nitrogens with one attached hydrogen (secondary N) is 1. The molecule has 0 aliphatic carbocycles. The lowest BCUT2D eigenvalue weighted by Crippen LogP contribution is -2.42. The van der Waals surface area contributed by atoms with Crippen LogP contribution in [-0.2, 0) is 11.0 Å². The number of fused-ring (bicyclic) bond motifs is 1. The smallest absolute Gasteiger partial charge is 0.318 e. The first-order chi connectivity index (χ1) is 14.6. The molecule has 2 aromatic carbocycles. The van der Waals surface area contributed by atoms with E-state index in [1.807, 2.05) is 0 Å². The van der Waals surface area contributed by atoms with Crippen LogP contribution in [0.4, 0.5) is 17.6 Å². The molecule has 1 aliphatic rings. The number of halogens is 4. The van der Waals surface area contributed by atoms with Gasteiger partial charge in [0, 0.05) is 42.5 Å². The second-order valence-electron chi connectivity index (χ2n) is 7.74. The van der Waals surface area contributed by atoms with Gasteiger partial charge >= 0.3 is 6.18 Å². The molecule has 4 rings (SSSR count). The van der Waals surface area contributed by atoms with Crippen molar-refractivity contribution in [3.8, 4) is 0 Å². The summed E-state index contributed by atoms with van der Waals surface area (Å²) in [4.78, 5) is 13.2. The van der Waals surface area contributed by atoms with Gasteiger partial charge in [0.05, 0.1) is 17.6 Å². The minimum absolute atomic E-state index is 0.00326. The van der Waals surface area contributed by atoms with Crippen LogP contribution in [0.1, 0.15) is 11.3 Å². The Balaban J connectivity index is 1.60. The average molecular weight is 453 g/mol. The van der Waals surface area contributed by atoms with Gasteiger partial charge in [-0.2, -0.15) is 18.3 Å². The minimum Gasteiger partial charge on any atom is -0.318 e. The van der Waals surface area contributed by atoms with Crippen LogP contribution in [0.3, 0.4) is 0 Å². The highest BCUT2D eigenvalue weighted by atomic mass is 31.2. The van der Waals surface area contributed by atoms with Crippen LogP contribution in [0.5, 0.6) is 0 Å². The molecule has 5 nitrogen and oxygen atoms in total. The van der Waals surface area contributed by atoms with Gasteiger partial charge in [-0.25, -0.2) is 9.49 Å². The first-order valence-electron chi connectivity index (χ1n) is 9.77. The molecule has 3 aromatic rings. The van der Waals surface area contributed by atoms with Crippen LogP contribution in [0.25, 0.3) is 10.8 Å². The van der Waals surface area contributed by atoms with Crippen LogP contribution < -0.4 is 10.9 Å². The molecule has 1 aliphatic heterocycles. The molecule has 10 heteroatoms. The molecule has 1 N–H and O–H groups in total. The van der Waals surface area contributed by atoms with Crippen LogP contribution in [0.2, 0.25) is 0 Å². The van der Waals surface area contributed by atoms with Crippen molar-refractivity contribution in [1.82, 2.24) is 15.1 Å². The fourth-order valence-corrected chi connectivity index (χ4v) is 6.74. The summed E-state index contributed by atoms with van der Waals surface area (Å²) in [6.07, 6.45) is -4.03. The van der Waals surface area contributed by atoms with E-state index in [2.05, 4.69) is 10.2 Å². The maximum absolute atomic E-state index is 14.6. The first-order valence-corrected chi connectivity index (χ1v) is 11.8. The van der Waals surface area contributed by atoms with Gasteiger partial charge in [-0.05, 0) is 23.8 Å². The normalized spacial score (nSPS) is 17.2. The van der Waals surface area contributed by atoms with Crippen molar-refractivity contribution in [2.45, 2.75) is 12.6 Å². The van der Waals surface area contributed by atoms with Crippen molar-refractivity contribution < 1.29 is 22.1 Å². The number of benzene rings is 2. The monoisotopic (exact) mass is 453 g/mol. The van der Waals surface area contributed by atoms with Gasteiger partial charge in [-0.3, -0.25) is 9.69 Å². The number of hydrogen-bond donors (Lipinski definition) is 1. The number of nitrogens with zero attached hydrogens (tertiary/aromatic N) is 2. The molecule has 1 saturated heterocycles. The molecule has 0 spiro atoms. The highest BCUT2D eigenvalue weighted by molar-refractivity contribution is 7.71. The lowest BCUT2D eigenvalue weighted by molar-refractivity contribution is -0.145. The molecule has 0 unspecified atom stereocenters. The fourth-order valence-electron chi connectivity index (χ4n) is 3.96. The van der Waals surface area contributed by atoms with Crippen molar-refractivity contribution in [3.63, 3.8) is 0 Å². The Labute approximate surface area is 175 Å². The van der Waals surface area contributed by atoms with Crippen LogP contribution in [0.15, 0.2) is 47.3 Å². The maximum Gasteiger partial charge on any atom is 0.401 e. The van der Waals surface area contributed by atoms with Gasteiger partial charge in [0.1, 0.15) is 13.0 Å². The van der Waals surface area contributed by atoms with Gasteiger partial charge in [0.15, 0.2) is 0 Å². The summed E-state index contributed by atoms with van der Waals surface area (Å²) in [6, 6.07) is 11.3. The largest absolute Gasteiger partial charge is 0.401 e. The second kappa shape index (κ2) is 8.20. The predicted molar refractivity (Wildman–Crippen MR) is 111 cm³/mol. The Hall–Kier alpha value is -2.51. The number of rotatable bonds is 4. The number of H-pyrrole nitrogens is 1. The van der Waals surface area contributed by atoms with Crippen LogP contribution in [-0.4, -0.2) is 53.2 Å². The third-order valence-electron chi connectivity index (χ3n) is 5.55. The van der Waals surface area contributed by atoms with E-state index in [1.165, 1.54) is 17.0 Å². The Morgan fingerprint density at radius 1 is 1.06 bits per heavy atom. The SMILES string of the molecule is O=c1[nH]nc(Cc2ccc(F)c(P3(=O)CCN(CC(F)(F)F)CC3)c2)c2ccccc12. The van der Waals surface area contributed by atoms with Crippen LogP contribution in [0, 0.1) is 5.82 Å². The Morgan fingerprint density at radius 2 is 1.74 bits per heavy atom. The summed E-state index contributed by atoms with van der Waals surface area (Å²) in [5.74, 6) is -0.615. The second-order valence-corrected chi connectivity index (χ2v) is 10.9. The molecule has 0 radical (unpaired) electrons. The lowest BCUT2D eigenvalue weighted by atomic mass is 10.0. The number of alkyl halides is 3. The molecule has 31 heavy (non-hydrogen) atoms. The molecular formula is C21H20F4N3O2P. The third-order valence-corrected chi connectivity index (χ3v) is 8.62. The van der Waals surface area contributed by atoms with Gasteiger partial charge in [0.25, 0.3) is 5.56 Å². The number of aromatic amines is 1. The Bertz CT molecular complexity index is 1210. The molecule has 164 valence electrons. The van der Waals surface area contributed by atoms with E-state index in [9.17, 15) is 26.9 Å². The van der Waals surface area contributed by atoms with Crippen molar-refractivity contribution in [2.24, 2.45) is 0 Å². The van der Waals surface area contributed by atoms with Gasteiger partial charge in [-0.1, -0.05) is 24.3 Å². The number of aromatic nitrogens is 2. The summed E-state index contributed by atoms with van der Waals surface area (Å²) >= 11 is 0. The topological polar surface area (TPSA) is 66.1 Å². The third kappa shape index (κ3) is 4.72. The molecule has 0 bridgehead atoms. The molecule has 2 heterocycles. The first kappa shape index (κ1) is 21.7. The van der Waals surface area contributed by atoms with E-state index in [0.717, 1.165) is 0 Å². The van der Waals surface area contributed by atoms with E-state index < -0.39 is 25.7 Å². The van der Waals surface area contributed by atoms with E-state index in [0.29, 0.717) is 22.0 Å². The Morgan fingerprint density at radius 3 is 2.42 bits per heavy atom. The summed E-state index contributed by atoms with van der Waals surface area (Å²) in [6.45, 7) is -1.04. The fraction of sp³-hybridized carbons (Fsp3) is 0.333. The molecule has 0 amide bonds. The number of hydrogen-bond acceptors (Lipinski definition) is 4. The van der Waals surface area contributed by atoms with E-state index in [4.69, 9.17) is 0 Å². The highest BCUT2D eigenvalue weighted by Gasteiger charge is 2.37. The minimum atomic E-state index is -4.32. The zero-order chi connectivity index (χ0) is 22.2. The standard InChI is InChI=1S/C21H20F4N3O2P/c22-17-6-5-14(11-18-15-3-1-2-4-16(15)20(29)27-26-18)12-19(17)31(30)9-7-28(8-10-31)13-21(23,24)25/h1-6,12H,7-11,13H2,(H,27,29). The molecule has 0 atom stereocenters. The molecule has 0 saturated carbocycles. The quantitative estimate of drug-likeness (QED) is 0.485. The molecule has 1 fully saturated rings. The maximum atomic E-state index is 14.6. The van der Waals surface area contributed by atoms with E-state index in [1.54, 1.807) is 30.3 Å². The van der Waals surface area contributed by atoms with Gasteiger partial charge in [-0.15, -0.1) is 0 Å². The average Bonchev–Trinajstić information content (AvgIpc) is 2.72. The van der Waals surface area contributed by atoms with Crippen LogP contribution >= 0.6 is 7.14 Å². The van der Waals surface area contributed by atoms with Gasteiger partial charge < -0.3 is 4.57 Å². The summed E-state index contributed by atoms with van der Waals surface area (Å²) in [5.41, 5.74) is 0.939. The molecular weight excluding hydrogens is 433 g/mol. The Kier molecular flexibility index (Phi) is 5.75. The van der Waals surface area contributed by atoms with E-state index in [-0.39, 0.29) is 42.7 Å². The highest BCUT2D eigenvalue weighted by Crippen LogP contribution is 2.47. The predicted octanol–water partition coefficient (Wildman–Crippen LogP) is 3.52. The summed E-state index contributed by atoms with van der Waals surface area (Å²) in [5, 5.41) is 7.80. The van der Waals surface area contributed by atoms with E-state index >= 15 is 0 Å². The summed E-state index contributed by atoms with van der Waals surface area (Å²) < 4.78 is 65.9. The zero-order valence-electron chi connectivity index (χ0n) is 16.5. The lowest BCUT2D eigenvalue weighted by Gasteiger charge is -2.33. The molecule has 1 aromatic heterocycles. The van der Waals surface area contributed by atoms with Crippen molar-refractivity contribution >= 4 is 23.2 Å². The van der Waals surface area contributed by atoms with Crippen molar-refractivity contribution in [1.29, 1.82) is 0 Å². The van der Waals surface area contributed by atoms with Crippen molar-refractivity contribution in [3.05, 3.63) is 69.9 Å². The van der Waals surface area contributed by atoms with Crippen molar-refractivity contribution in [2.75, 3.05) is 32.0 Å².